The fourth-order valence-electron chi connectivity index (χ4n) is 2.94. The van der Waals surface area contributed by atoms with E-state index in [4.69, 9.17) is 0 Å². The molecular weight excluding hydrogens is 322 g/mol. The third-order valence-corrected chi connectivity index (χ3v) is 5.74. The second-order valence-electron chi connectivity index (χ2n) is 6.11. The molecule has 2 atom stereocenters. The molecule has 0 spiro atoms. The van der Waals surface area contributed by atoms with E-state index in [0.717, 1.165) is 6.42 Å². The quantitative estimate of drug-likeness (QED) is 0.730. The van der Waals surface area contributed by atoms with Gasteiger partial charge in [-0.15, -0.1) is 11.8 Å². The number of rotatable bonds is 5. The van der Waals surface area contributed by atoms with Gasteiger partial charge in [0, 0.05) is 11.3 Å². The Hall–Kier alpha value is -1.82. The van der Waals surface area contributed by atoms with Crippen molar-refractivity contribution in [3.05, 3.63) is 65.7 Å². The third kappa shape index (κ3) is 3.34. The lowest BCUT2D eigenvalue weighted by molar-refractivity contribution is -0.174. The summed E-state index contributed by atoms with van der Waals surface area (Å²) in [6, 6.07) is 17.0. The van der Waals surface area contributed by atoms with Crippen LogP contribution in [0.2, 0.25) is 0 Å². The van der Waals surface area contributed by atoms with E-state index in [1.54, 1.807) is 24.3 Å². The maximum atomic E-state index is 12.3. The van der Waals surface area contributed by atoms with Gasteiger partial charge in [0.15, 0.2) is 0 Å². The van der Waals surface area contributed by atoms with E-state index in [1.165, 1.54) is 17.3 Å². The molecule has 2 unspecified atom stereocenters. The van der Waals surface area contributed by atoms with E-state index in [-0.39, 0.29) is 5.91 Å². The van der Waals surface area contributed by atoms with E-state index in [1.807, 2.05) is 18.2 Å². The number of amides is 1. The van der Waals surface area contributed by atoms with Crippen LogP contribution in [0.5, 0.6) is 0 Å². The first-order chi connectivity index (χ1) is 11.5. The largest absolute Gasteiger partial charge is 0.361 e. The molecule has 0 aromatic heterocycles. The van der Waals surface area contributed by atoms with Crippen LogP contribution in [0, 0.1) is 0 Å². The number of thioether (sulfide) groups is 1. The summed E-state index contributed by atoms with van der Waals surface area (Å²) in [7, 11) is 0. The molecule has 5 heteroatoms. The average molecular weight is 343 g/mol. The number of fused-ring (bicyclic) bond motifs is 1. The Morgan fingerprint density at radius 1 is 1.12 bits per heavy atom. The first-order valence-corrected chi connectivity index (χ1v) is 9.06. The Labute approximate surface area is 145 Å². The van der Waals surface area contributed by atoms with E-state index < -0.39 is 11.0 Å². The zero-order valence-corrected chi connectivity index (χ0v) is 14.3. The molecule has 0 radical (unpaired) electrons. The van der Waals surface area contributed by atoms with Gasteiger partial charge in [-0.2, -0.15) is 0 Å². The maximum Gasteiger partial charge on any atom is 0.243 e. The van der Waals surface area contributed by atoms with Crippen LogP contribution in [0.25, 0.3) is 0 Å². The highest BCUT2D eigenvalue weighted by Gasteiger charge is 2.46. The molecule has 1 aliphatic heterocycles. The molecule has 4 nitrogen and oxygen atoms in total. The van der Waals surface area contributed by atoms with Gasteiger partial charge in [-0.05, 0) is 29.7 Å². The Bertz CT molecular complexity index is 718. The Balaban J connectivity index is 1.66. The number of carbonyl (C=O) groups excluding carboxylic acids is 1. The van der Waals surface area contributed by atoms with Crippen LogP contribution < -0.4 is 5.32 Å². The molecule has 3 rings (SSSR count). The number of benzene rings is 2. The van der Waals surface area contributed by atoms with Gasteiger partial charge in [0.2, 0.25) is 11.7 Å². The summed E-state index contributed by atoms with van der Waals surface area (Å²) in [4.78, 5) is 12.3. The van der Waals surface area contributed by atoms with E-state index in [2.05, 4.69) is 24.4 Å². The molecule has 2 aromatic rings. The number of nitrogens with one attached hydrogen (secondary N) is 1. The van der Waals surface area contributed by atoms with Crippen LogP contribution in [-0.2, 0) is 10.6 Å². The smallest absolute Gasteiger partial charge is 0.243 e. The number of aliphatic hydroxyl groups is 2. The Morgan fingerprint density at radius 3 is 2.54 bits per heavy atom. The molecule has 2 aromatic carbocycles. The van der Waals surface area contributed by atoms with Crippen molar-refractivity contribution in [3.8, 4) is 0 Å². The Kier molecular flexibility index (Phi) is 4.94. The number of anilines is 1. The summed E-state index contributed by atoms with van der Waals surface area (Å²) in [5.41, 5.74) is 2.05. The molecule has 0 saturated heterocycles. The molecule has 0 bridgehead atoms. The van der Waals surface area contributed by atoms with Crippen LogP contribution in [0.1, 0.15) is 30.4 Å². The fourth-order valence-corrected chi connectivity index (χ4v) is 4.23. The van der Waals surface area contributed by atoms with Crippen molar-refractivity contribution in [2.75, 3.05) is 11.1 Å². The normalized spacial score (nSPS) is 20.1. The lowest BCUT2D eigenvalue weighted by Gasteiger charge is -2.36. The SMILES string of the molecule is CC(CCSC1C(=O)Nc2ccccc2C1(O)O)c1ccccc1. The van der Waals surface area contributed by atoms with Gasteiger partial charge >= 0.3 is 0 Å². The summed E-state index contributed by atoms with van der Waals surface area (Å²) in [5, 5.41) is 22.8. The first-order valence-electron chi connectivity index (χ1n) is 8.02. The first kappa shape index (κ1) is 17.0. The zero-order chi connectivity index (χ0) is 17.2. The number of para-hydroxylation sites is 1. The highest BCUT2D eigenvalue weighted by Crippen LogP contribution is 2.40. The molecule has 0 saturated carbocycles. The average Bonchev–Trinajstić information content (AvgIpc) is 2.58. The maximum absolute atomic E-state index is 12.3. The highest BCUT2D eigenvalue weighted by molar-refractivity contribution is 8.00. The van der Waals surface area contributed by atoms with E-state index in [9.17, 15) is 15.0 Å². The van der Waals surface area contributed by atoms with Gasteiger partial charge < -0.3 is 15.5 Å². The summed E-state index contributed by atoms with van der Waals surface area (Å²) < 4.78 is 0. The van der Waals surface area contributed by atoms with Crippen molar-refractivity contribution >= 4 is 23.4 Å². The topological polar surface area (TPSA) is 69.6 Å². The van der Waals surface area contributed by atoms with Crippen LogP contribution in [0.15, 0.2) is 54.6 Å². The summed E-state index contributed by atoms with van der Waals surface area (Å²) in [6.07, 6.45) is 0.857. The minimum absolute atomic E-state index is 0.346. The molecule has 3 N–H and O–H groups in total. The lowest BCUT2D eigenvalue weighted by Crippen LogP contribution is -2.49. The fraction of sp³-hybridized carbons (Fsp3) is 0.316. The molecule has 0 aliphatic carbocycles. The minimum Gasteiger partial charge on any atom is -0.361 e. The lowest BCUT2D eigenvalue weighted by atomic mass is 9.96. The molecule has 1 aliphatic rings. The molecular formula is C19H21NO3S. The summed E-state index contributed by atoms with van der Waals surface area (Å²) >= 11 is 1.29. The highest BCUT2D eigenvalue weighted by atomic mass is 32.2. The van der Waals surface area contributed by atoms with Crippen molar-refractivity contribution in [1.82, 2.24) is 0 Å². The second-order valence-corrected chi connectivity index (χ2v) is 7.33. The van der Waals surface area contributed by atoms with Crippen molar-refractivity contribution in [3.63, 3.8) is 0 Å². The monoisotopic (exact) mass is 343 g/mol. The van der Waals surface area contributed by atoms with Crippen LogP contribution in [0.3, 0.4) is 0 Å². The second kappa shape index (κ2) is 6.97. The van der Waals surface area contributed by atoms with E-state index >= 15 is 0 Å². The van der Waals surface area contributed by atoms with Gasteiger partial charge in [0.1, 0.15) is 5.25 Å². The molecule has 0 fully saturated rings. The number of carbonyl (C=O) groups is 1. The Morgan fingerprint density at radius 2 is 1.79 bits per heavy atom. The van der Waals surface area contributed by atoms with Gasteiger partial charge in [0.25, 0.3) is 0 Å². The van der Waals surface area contributed by atoms with Crippen LogP contribution in [-0.4, -0.2) is 27.1 Å². The molecule has 1 amide bonds. The molecule has 126 valence electrons. The third-order valence-electron chi connectivity index (χ3n) is 4.39. The van der Waals surface area contributed by atoms with Crippen molar-refractivity contribution in [2.24, 2.45) is 0 Å². The van der Waals surface area contributed by atoms with Gasteiger partial charge in [-0.25, -0.2) is 0 Å². The predicted octanol–water partition coefficient (Wildman–Crippen LogP) is 3.07. The van der Waals surface area contributed by atoms with Gasteiger partial charge in [-0.3, -0.25) is 4.79 Å². The number of hydrogen-bond acceptors (Lipinski definition) is 4. The van der Waals surface area contributed by atoms with Crippen LogP contribution >= 0.6 is 11.8 Å². The standard InChI is InChI=1S/C19H21NO3S/c1-13(14-7-3-2-4-8-14)11-12-24-17-18(21)20-16-10-6-5-9-15(16)19(17,22)23/h2-10,13,17,22-23H,11-12H2,1H3,(H,20,21). The van der Waals surface area contributed by atoms with E-state index in [0.29, 0.717) is 22.9 Å². The molecule has 1 heterocycles. The van der Waals surface area contributed by atoms with Gasteiger partial charge in [0.05, 0.1) is 0 Å². The van der Waals surface area contributed by atoms with Crippen LogP contribution in [0.4, 0.5) is 5.69 Å². The summed E-state index contributed by atoms with van der Waals surface area (Å²) in [5.74, 6) is -1.50. The number of hydrogen-bond donors (Lipinski definition) is 3. The summed E-state index contributed by atoms with van der Waals surface area (Å²) in [6.45, 7) is 2.14. The van der Waals surface area contributed by atoms with Crippen molar-refractivity contribution in [2.45, 2.75) is 30.3 Å². The van der Waals surface area contributed by atoms with Crippen molar-refractivity contribution in [1.29, 1.82) is 0 Å². The van der Waals surface area contributed by atoms with Gasteiger partial charge in [-0.1, -0.05) is 55.5 Å². The minimum atomic E-state index is -2.15. The predicted molar refractivity (Wildman–Crippen MR) is 96.9 cm³/mol. The zero-order valence-electron chi connectivity index (χ0n) is 13.5. The van der Waals surface area contributed by atoms with Crippen molar-refractivity contribution < 1.29 is 15.0 Å². The molecule has 24 heavy (non-hydrogen) atoms.